The van der Waals surface area contributed by atoms with E-state index in [1.807, 2.05) is 6.92 Å². The molecule has 0 amide bonds. The molecule has 5 nitrogen and oxygen atoms in total. The van der Waals surface area contributed by atoms with Gasteiger partial charge in [-0.05, 0) is 38.7 Å². The van der Waals surface area contributed by atoms with Gasteiger partial charge in [-0.3, -0.25) is 0 Å². The maximum Gasteiger partial charge on any atom is 0.170 e. The van der Waals surface area contributed by atoms with Crippen LogP contribution in [0.15, 0.2) is 26.6 Å². The molecule has 1 aliphatic rings. The van der Waals surface area contributed by atoms with Crippen LogP contribution in [-0.2, 0) is 0 Å². The van der Waals surface area contributed by atoms with Gasteiger partial charge in [0.05, 0.1) is 5.70 Å². The topological polar surface area (TPSA) is 81.2 Å². The van der Waals surface area contributed by atoms with Gasteiger partial charge in [0, 0.05) is 0 Å². The van der Waals surface area contributed by atoms with Crippen LogP contribution in [0.3, 0.4) is 0 Å². The second-order valence-corrected chi connectivity index (χ2v) is 4.50. The zero-order chi connectivity index (χ0) is 12.0. The molecule has 0 fully saturated rings. The van der Waals surface area contributed by atoms with Gasteiger partial charge in [-0.25, -0.2) is 5.53 Å². The highest BCUT2D eigenvalue weighted by atomic mass is 16.3. The average molecular weight is 224 g/mol. The number of allylic oxidation sites excluding steroid dienone is 1. The van der Waals surface area contributed by atoms with Gasteiger partial charge in [-0.15, -0.1) is 0 Å². The maximum absolute atomic E-state index is 10.3. The Balaban J connectivity index is 2.92. The molecule has 0 saturated heterocycles. The summed E-state index contributed by atoms with van der Waals surface area (Å²) in [6, 6.07) is 0. The monoisotopic (exact) mass is 224 g/mol. The predicted octanol–water partition coefficient (Wildman–Crippen LogP) is 3.42. The molecular weight excluding hydrogens is 204 g/mol. The minimum Gasteiger partial charge on any atom is -0.384 e. The molecule has 90 valence electrons. The van der Waals surface area contributed by atoms with Gasteiger partial charge in [0.15, 0.2) is 6.67 Å². The molecule has 1 rings (SSSR count). The maximum atomic E-state index is 10.3. The molecule has 0 spiro atoms. The van der Waals surface area contributed by atoms with Crippen molar-refractivity contribution in [1.29, 1.82) is 5.53 Å². The number of azo groups is 1. The zero-order valence-electron chi connectivity index (χ0n) is 10.0. The van der Waals surface area contributed by atoms with Gasteiger partial charge in [0.25, 0.3) is 0 Å². The van der Waals surface area contributed by atoms with Crippen LogP contribution in [0.25, 0.3) is 0 Å². The fraction of sp³-hybridized carbons (Fsp3) is 0.818. The largest absolute Gasteiger partial charge is 0.384 e. The third-order valence-corrected chi connectivity index (χ3v) is 2.93. The molecule has 0 aromatic heterocycles. The molecule has 0 aliphatic heterocycles. The van der Waals surface area contributed by atoms with Crippen LogP contribution in [0.4, 0.5) is 0 Å². The predicted molar refractivity (Wildman–Crippen MR) is 61.3 cm³/mol. The molecule has 0 heterocycles. The van der Waals surface area contributed by atoms with Crippen LogP contribution in [0.5, 0.6) is 0 Å². The number of hydrogen-bond donors (Lipinski definition) is 2. The Hall–Kier alpha value is -1.10. The fourth-order valence-corrected chi connectivity index (χ4v) is 2.06. The van der Waals surface area contributed by atoms with Crippen molar-refractivity contribution < 1.29 is 5.11 Å². The summed E-state index contributed by atoms with van der Waals surface area (Å²) in [5.74, 6) is 0. The Morgan fingerprint density at radius 2 is 2.12 bits per heavy atom. The Bertz CT molecular complexity index is 307. The molecular formula is C11H20N4O. The minimum absolute atomic E-state index is 0.0346. The first-order valence-corrected chi connectivity index (χ1v) is 5.71. The normalized spacial score (nSPS) is 32.4. The molecule has 16 heavy (non-hydrogen) atoms. The van der Waals surface area contributed by atoms with E-state index in [1.54, 1.807) is 6.92 Å². The van der Waals surface area contributed by atoms with E-state index in [2.05, 4.69) is 15.3 Å². The first-order valence-electron chi connectivity index (χ1n) is 5.71. The lowest BCUT2D eigenvalue weighted by molar-refractivity contribution is 0.0804. The third kappa shape index (κ3) is 3.48. The second-order valence-electron chi connectivity index (χ2n) is 4.50. The van der Waals surface area contributed by atoms with Crippen molar-refractivity contribution in [2.45, 2.75) is 51.6 Å². The quantitative estimate of drug-likeness (QED) is 0.707. The lowest BCUT2D eigenvalue weighted by Gasteiger charge is -2.27. The molecule has 0 radical (unpaired) electrons. The highest BCUT2D eigenvalue weighted by molar-refractivity contribution is 5.20. The zero-order valence-corrected chi connectivity index (χ0v) is 10.0. The van der Waals surface area contributed by atoms with E-state index in [0.717, 1.165) is 37.7 Å². The SMILES string of the molecule is C/C1=C(\N=N/CN=N)C(C)(O)CCCCC1. The summed E-state index contributed by atoms with van der Waals surface area (Å²) in [5, 5.41) is 21.3. The van der Waals surface area contributed by atoms with Crippen LogP contribution in [0.1, 0.15) is 46.0 Å². The molecule has 5 heteroatoms. The van der Waals surface area contributed by atoms with Gasteiger partial charge >= 0.3 is 0 Å². The Labute approximate surface area is 96.2 Å². The van der Waals surface area contributed by atoms with Crippen LogP contribution in [0.2, 0.25) is 0 Å². The number of rotatable bonds is 3. The van der Waals surface area contributed by atoms with Crippen molar-refractivity contribution in [2.75, 3.05) is 6.67 Å². The van der Waals surface area contributed by atoms with E-state index < -0.39 is 5.60 Å². The van der Waals surface area contributed by atoms with Gasteiger partial charge in [0.1, 0.15) is 5.60 Å². The number of aliphatic hydroxyl groups is 1. The van der Waals surface area contributed by atoms with Crippen LogP contribution in [0, 0.1) is 5.53 Å². The summed E-state index contributed by atoms with van der Waals surface area (Å²) < 4.78 is 0. The van der Waals surface area contributed by atoms with Crippen molar-refractivity contribution >= 4 is 0 Å². The van der Waals surface area contributed by atoms with Gasteiger partial charge < -0.3 is 5.11 Å². The lowest BCUT2D eigenvalue weighted by atomic mass is 9.88. The fourth-order valence-electron chi connectivity index (χ4n) is 2.06. The molecule has 1 unspecified atom stereocenters. The number of nitrogens with zero attached hydrogens (tertiary/aromatic N) is 3. The molecule has 2 N–H and O–H groups in total. The smallest absolute Gasteiger partial charge is 0.170 e. The van der Waals surface area contributed by atoms with E-state index in [1.165, 1.54) is 0 Å². The van der Waals surface area contributed by atoms with E-state index >= 15 is 0 Å². The van der Waals surface area contributed by atoms with Crippen LogP contribution >= 0.6 is 0 Å². The summed E-state index contributed by atoms with van der Waals surface area (Å²) in [7, 11) is 0. The number of nitrogens with one attached hydrogen (secondary N) is 1. The van der Waals surface area contributed by atoms with Gasteiger partial charge in [-0.2, -0.15) is 15.3 Å². The average Bonchev–Trinajstić information content (AvgIpc) is 2.21. The van der Waals surface area contributed by atoms with E-state index in [9.17, 15) is 5.11 Å². The van der Waals surface area contributed by atoms with Gasteiger partial charge in [0.2, 0.25) is 0 Å². The Morgan fingerprint density at radius 3 is 2.81 bits per heavy atom. The molecule has 1 atom stereocenters. The summed E-state index contributed by atoms with van der Waals surface area (Å²) in [6.45, 7) is 3.81. The van der Waals surface area contributed by atoms with Gasteiger partial charge in [-0.1, -0.05) is 12.8 Å². The summed E-state index contributed by atoms with van der Waals surface area (Å²) >= 11 is 0. The summed E-state index contributed by atoms with van der Waals surface area (Å²) in [5.41, 5.74) is 7.51. The van der Waals surface area contributed by atoms with E-state index in [-0.39, 0.29) is 6.67 Å². The number of hydrogen-bond acceptors (Lipinski definition) is 5. The van der Waals surface area contributed by atoms with Crippen LogP contribution in [-0.4, -0.2) is 17.4 Å². The molecule has 0 saturated carbocycles. The van der Waals surface area contributed by atoms with E-state index in [4.69, 9.17) is 5.53 Å². The standard InChI is InChI=1S/C11H20N4O/c1-9-6-4-3-5-7-11(2,16)10(9)15-14-8-13-12/h12,16H,3-8H2,1-2H3/b10-9+,13-12?,15-14-. The summed E-state index contributed by atoms with van der Waals surface area (Å²) in [6.07, 6.45) is 4.99. The summed E-state index contributed by atoms with van der Waals surface area (Å²) in [4.78, 5) is 0. The molecule has 1 aliphatic carbocycles. The molecule has 0 aromatic rings. The van der Waals surface area contributed by atoms with Crippen molar-refractivity contribution in [1.82, 2.24) is 0 Å². The molecule has 0 aromatic carbocycles. The first kappa shape index (κ1) is 13.0. The third-order valence-electron chi connectivity index (χ3n) is 2.93. The molecule has 0 bridgehead atoms. The highest BCUT2D eigenvalue weighted by Gasteiger charge is 2.28. The Morgan fingerprint density at radius 1 is 1.38 bits per heavy atom. The highest BCUT2D eigenvalue weighted by Crippen LogP contribution is 2.31. The van der Waals surface area contributed by atoms with Crippen LogP contribution < -0.4 is 0 Å². The van der Waals surface area contributed by atoms with Crippen molar-refractivity contribution in [2.24, 2.45) is 15.3 Å². The Kier molecular flexibility index (Phi) is 4.73. The second kappa shape index (κ2) is 5.84. The lowest BCUT2D eigenvalue weighted by Crippen LogP contribution is -2.28. The first-order chi connectivity index (χ1) is 7.58. The minimum atomic E-state index is -0.893. The van der Waals surface area contributed by atoms with Crippen molar-refractivity contribution in [3.8, 4) is 0 Å². The van der Waals surface area contributed by atoms with E-state index in [0.29, 0.717) is 5.70 Å². The van der Waals surface area contributed by atoms with Crippen molar-refractivity contribution in [3.63, 3.8) is 0 Å². The van der Waals surface area contributed by atoms with Crippen molar-refractivity contribution in [3.05, 3.63) is 11.3 Å².